The van der Waals surface area contributed by atoms with E-state index in [-0.39, 0.29) is 5.91 Å². The van der Waals surface area contributed by atoms with Crippen LogP contribution in [0.15, 0.2) is 42.5 Å². The van der Waals surface area contributed by atoms with E-state index in [9.17, 15) is 4.79 Å². The van der Waals surface area contributed by atoms with Gasteiger partial charge in [-0.25, -0.2) is 4.98 Å². The lowest BCUT2D eigenvalue weighted by Gasteiger charge is -2.14. The van der Waals surface area contributed by atoms with Crippen molar-refractivity contribution in [3.8, 4) is 0 Å². The first-order chi connectivity index (χ1) is 9.60. The molecule has 2 aromatic rings. The third-order valence-corrected chi connectivity index (χ3v) is 2.86. The van der Waals surface area contributed by atoms with Gasteiger partial charge in [0, 0.05) is 32.5 Å². The summed E-state index contributed by atoms with van der Waals surface area (Å²) < 4.78 is 0. The summed E-state index contributed by atoms with van der Waals surface area (Å²) in [5.41, 5.74) is 2.16. The van der Waals surface area contributed by atoms with Gasteiger partial charge in [-0.3, -0.25) is 4.79 Å². The van der Waals surface area contributed by atoms with Crippen molar-refractivity contribution in [2.45, 2.75) is 0 Å². The fourth-order valence-corrected chi connectivity index (χ4v) is 1.76. The lowest BCUT2D eigenvalue weighted by atomic mass is 10.2. The Kier molecular flexibility index (Phi) is 4.20. The second-order valence-electron chi connectivity index (χ2n) is 4.56. The van der Waals surface area contributed by atoms with Crippen LogP contribution >= 0.6 is 0 Å². The first kappa shape index (κ1) is 13.9. The number of hydrogen-bond acceptors (Lipinski definition) is 4. The molecule has 1 aromatic heterocycles. The Hall–Kier alpha value is -2.56. The molecule has 0 saturated heterocycles. The first-order valence-corrected chi connectivity index (χ1v) is 6.33. The molecule has 5 nitrogen and oxygen atoms in total. The Labute approximate surface area is 118 Å². The molecule has 1 heterocycles. The second-order valence-corrected chi connectivity index (χ2v) is 4.56. The number of carbonyl (C=O) groups is 1. The molecule has 0 radical (unpaired) electrons. The number of rotatable bonds is 4. The minimum absolute atomic E-state index is 0.224. The SMILES string of the molecule is CNc1cccc(C(=O)Nc2cccc(N(C)C)c2)n1. The number of amides is 1. The van der Waals surface area contributed by atoms with E-state index in [0.29, 0.717) is 11.5 Å². The van der Waals surface area contributed by atoms with E-state index in [4.69, 9.17) is 0 Å². The lowest BCUT2D eigenvalue weighted by molar-refractivity contribution is 0.102. The summed E-state index contributed by atoms with van der Waals surface area (Å²) in [6, 6.07) is 12.9. The summed E-state index contributed by atoms with van der Waals surface area (Å²) in [4.78, 5) is 18.3. The highest BCUT2D eigenvalue weighted by Crippen LogP contribution is 2.18. The normalized spacial score (nSPS) is 9.95. The highest BCUT2D eigenvalue weighted by atomic mass is 16.1. The molecule has 0 aliphatic carbocycles. The van der Waals surface area contributed by atoms with E-state index in [1.807, 2.05) is 49.3 Å². The first-order valence-electron chi connectivity index (χ1n) is 6.33. The van der Waals surface area contributed by atoms with Crippen molar-refractivity contribution in [2.24, 2.45) is 0 Å². The Balaban J connectivity index is 2.16. The summed E-state index contributed by atoms with van der Waals surface area (Å²) in [6.07, 6.45) is 0. The van der Waals surface area contributed by atoms with Crippen molar-refractivity contribution in [3.05, 3.63) is 48.2 Å². The molecule has 0 atom stereocenters. The van der Waals surface area contributed by atoms with Crippen LogP contribution in [-0.4, -0.2) is 32.0 Å². The van der Waals surface area contributed by atoms with E-state index in [2.05, 4.69) is 15.6 Å². The number of carbonyl (C=O) groups excluding carboxylic acids is 1. The summed E-state index contributed by atoms with van der Waals surface area (Å²) in [7, 11) is 5.68. The summed E-state index contributed by atoms with van der Waals surface area (Å²) in [6.45, 7) is 0. The highest BCUT2D eigenvalue weighted by Gasteiger charge is 2.08. The van der Waals surface area contributed by atoms with Gasteiger partial charge >= 0.3 is 0 Å². The van der Waals surface area contributed by atoms with Crippen molar-refractivity contribution >= 4 is 23.1 Å². The third kappa shape index (κ3) is 3.26. The second kappa shape index (κ2) is 6.06. The number of nitrogens with one attached hydrogen (secondary N) is 2. The summed E-state index contributed by atoms with van der Waals surface area (Å²) in [5, 5.41) is 5.76. The number of aromatic nitrogens is 1. The molecule has 0 aliphatic heterocycles. The number of pyridine rings is 1. The van der Waals surface area contributed by atoms with Crippen LogP contribution in [0.2, 0.25) is 0 Å². The van der Waals surface area contributed by atoms with E-state index in [1.165, 1.54) is 0 Å². The Morgan fingerprint density at radius 1 is 1.15 bits per heavy atom. The van der Waals surface area contributed by atoms with Gasteiger partial charge in [-0.15, -0.1) is 0 Å². The fraction of sp³-hybridized carbons (Fsp3) is 0.200. The molecule has 2 N–H and O–H groups in total. The maximum absolute atomic E-state index is 12.1. The van der Waals surface area contributed by atoms with Gasteiger partial charge in [-0.05, 0) is 30.3 Å². The van der Waals surface area contributed by atoms with Gasteiger partial charge in [-0.2, -0.15) is 0 Å². The van der Waals surface area contributed by atoms with Crippen LogP contribution in [-0.2, 0) is 0 Å². The molecule has 0 bridgehead atoms. The zero-order valence-corrected chi connectivity index (χ0v) is 11.8. The largest absolute Gasteiger partial charge is 0.378 e. The zero-order valence-electron chi connectivity index (χ0n) is 11.8. The number of nitrogens with zero attached hydrogens (tertiary/aromatic N) is 2. The maximum Gasteiger partial charge on any atom is 0.274 e. The predicted molar refractivity (Wildman–Crippen MR) is 82.5 cm³/mol. The maximum atomic E-state index is 12.1. The van der Waals surface area contributed by atoms with Crippen LogP contribution in [0.4, 0.5) is 17.2 Å². The van der Waals surface area contributed by atoms with Crippen LogP contribution in [0.25, 0.3) is 0 Å². The van der Waals surface area contributed by atoms with Gasteiger partial charge in [0.25, 0.3) is 5.91 Å². The fourth-order valence-electron chi connectivity index (χ4n) is 1.76. The number of benzene rings is 1. The van der Waals surface area contributed by atoms with Gasteiger partial charge in [0.1, 0.15) is 11.5 Å². The van der Waals surface area contributed by atoms with Crippen LogP contribution in [0, 0.1) is 0 Å². The average Bonchev–Trinajstić information content (AvgIpc) is 2.47. The van der Waals surface area contributed by atoms with Crippen LogP contribution in [0.1, 0.15) is 10.5 Å². The van der Waals surface area contributed by atoms with E-state index in [1.54, 1.807) is 19.2 Å². The van der Waals surface area contributed by atoms with Gasteiger partial charge in [0.05, 0.1) is 0 Å². The van der Waals surface area contributed by atoms with Crippen LogP contribution in [0.3, 0.4) is 0 Å². The van der Waals surface area contributed by atoms with Gasteiger partial charge in [0.2, 0.25) is 0 Å². The Bertz CT molecular complexity index is 610. The molecule has 20 heavy (non-hydrogen) atoms. The van der Waals surface area contributed by atoms with Crippen LogP contribution < -0.4 is 15.5 Å². The molecule has 0 spiro atoms. The molecule has 1 amide bonds. The minimum Gasteiger partial charge on any atom is -0.378 e. The van der Waals surface area contributed by atoms with Gasteiger partial charge in [0.15, 0.2) is 0 Å². The molecule has 5 heteroatoms. The predicted octanol–water partition coefficient (Wildman–Crippen LogP) is 2.44. The standard InChI is InChI=1S/C15H18N4O/c1-16-14-9-5-8-13(18-14)15(20)17-11-6-4-7-12(10-11)19(2)3/h4-10H,1-3H3,(H,16,18)(H,17,20). The topological polar surface area (TPSA) is 57.3 Å². The lowest BCUT2D eigenvalue weighted by Crippen LogP contribution is -2.15. The van der Waals surface area contributed by atoms with Gasteiger partial charge in [-0.1, -0.05) is 12.1 Å². The van der Waals surface area contributed by atoms with Crippen molar-refractivity contribution in [1.29, 1.82) is 0 Å². The van der Waals surface area contributed by atoms with Crippen molar-refractivity contribution < 1.29 is 4.79 Å². The molecule has 1 aromatic carbocycles. The Morgan fingerprint density at radius 2 is 1.90 bits per heavy atom. The molecular weight excluding hydrogens is 252 g/mol. The summed E-state index contributed by atoms with van der Waals surface area (Å²) in [5.74, 6) is 0.442. The number of anilines is 3. The highest BCUT2D eigenvalue weighted by molar-refractivity contribution is 6.03. The molecule has 0 unspecified atom stereocenters. The van der Waals surface area contributed by atoms with Crippen molar-refractivity contribution in [1.82, 2.24) is 4.98 Å². The monoisotopic (exact) mass is 270 g/mol. The third-order valence-electron chi connectivity index (χ3n) is 2.86. The van der Waals surface area contributed by atoms with Gasteiger partial charge < -0.3 is 15.5 Å². The molecular formula is C15H18N4O. The molecule has 2 rings (SSSR count). The smallest absolute Gasteiger partial charge is 0.274 e. The molecule has 104 valence electrons. The average molecular weight is 270 g/mol. The molecule has 0 fully saturated rings. The number of hydrogen-bond donors (Lipinski definition) is 2. The van der Waals surface area contributed by atoms with Crippen molar-refractivity contribution in [2.75, 3.05) is 36.7 Å². The molecule has 0 saturated carbocycles. The quantitative estimate of drug-likeness (QED) is 0.896. The zero-order chi connectivity index (χ0) is 14.5. The van der Waals surface area contributed by atoms with Crippen LogP contribution in [0.5, 0.6) is 0 Å². The van der Waals surface area contributed by atoms with Crippen molar-refractivity contribution in [3.63, 3.8) is 0 Å². The van der Waals surface area contributed by atoms with E-state index >= 15 is 0 Å². The van der Waals surface area contributed by atoms with E-state index in [0.717, 1.165) is 11.4 Å². The minimum atomic E-state index is -0.224. The Morgan fingerprint density at radius 3 is 2.60 bits per heavy atom. The van der Waals surface area contributed by atoms with E-state index < -0.39 is 0 Å². The summed E-state index contributed by atoms with van der Waals surface area (Å²) >= 11 is 0. The molecule has 0 aliphatic rings.